The van der Waals surface area contributed by atoms with Crippen LogP contribution in [-0.4, -0.2) is 45.3 Å². The van der Waals surface area contributed by atoms with Gasteiger partial charge < -0.3 is 5.32 Å². The van der Waals surface area contributed by atoms with Crippen LogP contribution in [0.25, 0.3) is 10.9 Å². The Kier molecular flexibility index (Phi) is 11.1. The van der Waals surface area contributed by atoms with E-state index in [4.69, 9.17) is 0 Å². The lowest BCUT2D eigenvalue weighted by Gasteiger charge is -2.22. The van der Waals surface area contributed by atoms with Gasteiger partial charge in [-0.15, -0.1) is 0 Å². The summed E-state index contributed by atoms with van der Waals surface area (Å²) in [5.41, 5.74) is 2.84. The number of rotatable bonds is 16. The minimum absolute atomic E-state index is 0.0764. The standard InChI is InChI=1S/C36H39N3O5/c1-23(2)29(35(43)31(40)19-18-25-12-6-4-7-13-25)22-32(41)24(3)37-36(44)27(20-26-14-8-5-9-15-26)21-33(42)34-28-16-10-11-17-30(28)38-39-34/h4-17,23-24,27,29H,18-22H2,1-3H3,(H,37,44)(H,38,39)/t24-,27+,29-/m0/s1. The maximum atomic E-state index is 13.5. The maximum absolute atomic E-state index is 13.5. The van der Waals surface area contributed by atoms with Gasteiger partial charge in [0.05, 0.1) is 11.6 Å². The first-order valence-corrected chi connectivity index (χ1v) is 15.1. The number of aromatic amines is 1. The zero-order valence-corrected chi connectivity index (χ0v) is 25.4. The van der Waals surface area contributed by atoms with Crippen LogP contribution in [0.2, 0.25) is 0 Å². The predicted molar refractivity (Wildman–Crippen MR) is 169 cm³/mol. The fourth-order valence-electron chi connectivity index (χ4n) is 5.32. The van der Waals surface area contributed by atoms with Gasteiger partial charge in [0, 0.05) is 36.5 Å². The molecule has 8 heteroatoms. The topological polar surface area (TPSA) is 126 Å². The van der Waals surface area contributed by atoms with Gasteiger partial charge in [-0.05, 0) is 42.9 Å². The number of amides is 1. The van der Waals surface area contributed by atoms with Gasteiger partial charge in [-0.3, -0.25) is 29.1 Å². The van der Waals surface area contributed by atoms with Crippen molar-refractivity contribution in [3.8, 4) is 0 Å². The van der Waals surface area contributed by atoms with Crippen molar-refractivity contribution in [3.63, 3.8) is 0 Å². The Bertz CT molecular complexity index is 1610. The van der Waals surface area contributed by atoms with Crippen LogP contribution in [-0.2, 0) is 32.0 Å². The second kappa shape index (κ2) is 15.1. The lowest BCUT2D eigenvalue weighted by molar-refractivity contribution is -0.141. The molecule has 4 rings (SSSR count). The number of nitrogens with zero attached hydrogens (tertiary/aromatic N) is 1. The molecular weight excluding hydrogens is 554 g/mol. The number of nitrogens with one attached hydrogen (secondary N) is 2. The molecule has 1 amide bonds. The van der Waals surface area contributed by atoms with E-state index < -0.39 is 35.4 Å². The first-order chi connectivity index (χ1) is 21.1. The van der Waals surface area contributed by atoms with Gasteiger partial charge >= 0.3 is 0 Å². The second-order valence-electron chi connectivity index (χ2n) is 11.7. The molecule has 0 aliphatic rings. The van der Waals surface area contributed by atoms with Crippen LogP contribution >= 0.6 is 0 Å². The number of H-pyrrole nitrogens is 1. The van der Waals surface area contributed by atoms with E-state index in [0.29, 0.717) is 18.2 Å². The van der Waals surface area contributed by atoms with Crippen LogP contribution in [0.15, 0.2) is 84.9 Å². The van der Waals surface area contributed by atoms with Crippen LogP contribution < -0.4 is 5.32 Å². The number of carbonyl (C=O) groups excluding carboxylic acids is 5. The van der Waals surface area contributed by atoms with Crippen molar-refractivity contribution in [3.05, 3.63) is 102 Å². The van der Waals surface area contributed by atoms with Gasteiger partial charge in [-0.1, -0.05) is 92.7 Å². The molecule has 44 heavy (non-hydrogen) atoms. The third-order valence-corrected chi connectivity index (χ3v) is 8.02. The van der Waals surface area contributed by atoms with Gasteiger partial charge in [0.1, 0.15) is 5.69 Å². The molecule has 0 saturated heterocycles. The molecule has 8 nitrogen and oxygen atoms in total. The third-order valence-electron chi connectivity index (χ3n) is 8.02. The van der Waals surface area contributed by atoms with E-state index in [-0.39, 0.29) is 42.4 Å². The molecule has 0 aliphatic carbocycles. The number of carbonyl (C=O) groups is 5. The molecule has 3 atom stereocenters. The van der Waals surface area contributed by atoms with Crippen molar-refractivity contribution >= 4 is 39.9 Å². The molecule has 0 radical (unpaired) electrons. The molecule has 0 spiro atoms. The Morgan fingerprint density at radius 2 is 1.39 bits per heavy atom. The summed E-state index contributed by atoms with van der Waals surface area (Å²) in [6.07, 6.45) is 0.569. The minimum atomic E-state index is -0.907. The highest BCUT2D eigenvalue weighted by molar-refractivity contribution is 6.38. The molecule has 0 saturated carbocycles. The van der Waals surface area contributed by atoms with Crippen molar-refractivity contribution in [1.82, 2.24) is 15.5 Å². The molecule has 1 aromatic heterocycles. The lowest BCUT2D eigenvalue weighted by atomic mass is 9.83. The van der Waals surface area contributed by atoms with E-state index in [1.807, 2.05) is 92.7 Å². The first-order valence-electron chi connectivity index (χ1n) is 15.1. The highest BCUT2D eigenvalue weighted by atomic mass is 16.2. The van der Waals surface area contributed by atoms with Gasteiger partial charge in [-0.2, -0.15) is 5.10 Å². The monoisotopic (exact) mass is 593 g/mol. The Morgan fingerprint density at radius 1 is 0.773 bits per heavy atom. The summed E-state index contributed by atoms with van der Waals surface area (Å²) in [6, 6.07) is 25.2. The van der Waals surface area contributed by atoms with Crippen molar-refractivity contribution in [2.75, 3.05) is 0 Å². The summed E-state index contributed by atoms with van der Waals surface area (Å²) in [7, 11) is 0. The van der Waals surface area contributed by atoms with E-state index in [1.165, 1.54) is 0 Å². The molecule has 0 fully saturated rings. The Balaban J connectivity index is 1.41. The van der Waals surface area contributed by atoms with Crippen LogP contribution in [0.4, 0.5) is 0 Å². The van der Waals surface area contributed by atoms with Crippen molar-refractivity contribution < 1.29 is 24.0 Å². The smallest absolute Gasteiger partial charge is 0.224 e. The summed E-state index contributed by atoms with van der Waals surface area (Å²) in [5.74, 6) is -3.87. The summed E-state index contributed by atoms with van der Waals surface area (Å²) in [6.45, 7) is 5.19. The number of Topliss-reactive ketones (excluding diaryl/α,β-unsaturated/α-hetero) is 4. The van der Waals surface area contributed by atoms with Crippen LogP contribution in [0.1, 0.15) is 61.6 Å². The number of ketones is 4. The van der Waals surface area contributed by atoms with Crippen LogP contribution in [0.5, 0.6) is 0 Å². The average molecular weight is 594 g/mol. The molecule has 0 unspecified atom stereocenters. The van der Waals surface area contributed by atoms with E-state index in [2.05, 4.69) is 15.5 Å². The molecular formula is C36H39N3O5. The first kappa shape index (κ1) is 32.2. The minimum Gasteiger partial charge on any atom is -0.346 e. The molecule has 0 aliphatic heterocycles. The summed E-state index contributed by atoms with van der Waals surface area (Å²) < 4.78 is 0. The van der Waals surface area contributed by atoms with Crippen molar-refractivity contribution in [2.24, 2.45) is 17.8 Å². The SMILES string of the molecule is CC(C)[C@H](CC(=O)[C@H](C)NC(=O)[C@@H](CC(=O)c1n[nH]c2ccccc12)Cc1ccccc1)C(=O)C(=O)CCc1ccccc1. The van der Waals surface area contributed by atoms with E-state index >= 15 is 0 Å². The number of fused-ring (bicyclic) bond motifs is 1. The van der Waals surface area contributed by atoms with Crippen molar-refractivity contribution in [1.29, 1.82) is 0 Å². The fraction of sp³-hybridized carbons (Fsp3) is 0.333. The van der Waals surface area contributed by atoms with E-state index in [9.17, 15) is 24.0 Å². The molecule has 2 N–H and O–H groups in total. The van der Waals surface area contributed by atoms with Gasteiger partial charge in [-0.25, -0.2) is 0 Å². The molecule has 1 heterocycles. The number of aromatic nitrogens is 2. The van der Waals surface area contributed by atoms with Crippen molar-refractivity contribution in [2.45, 2.75) is 58.9 Å². The molecule has 228 valence electrons. The Labute approximate surface area is 257 Å². The van der Waals surface area contributed by atoms with E-state index in [1.54, 1.807) is 13.0 Å². The maximum Gasteiger partial charge on any atom is 0.224 e. The zero-order valence-electron chi connectivity index (χ0n) is 25.4. The normalized spacial score (nSPS) is 13.3. The quantitative estimate of drug-likeness (QED) is 0.131. The number of hydrogen-bond acceptors (Lipinski definition) is 6. The second-order valence-corrected chi connectivity index (χ2v) is 11.7. The predicted octanol–water partition coefficient (Wildman–Crippen LogP) is 5.50. The summed E-state index contributed by atoms with van der Waals surface area (Å²) >= 11 is 0. The van der Waals surface area contributed by atoms with Gasteiger partial charge in [0.25, 0.3) is 0 Å². The van der Waals surface area contributed by atoms with Gasteiger partial charge in [0.15, 0.2) is 17.3 Å². The average Bonchev–Trinajstić information content (AvgIpc) is 3.47. The number of hydrogen-bond donors (Lipinski definition) is 2. The van der Waals surface area contributed by atoms with Crippen LogP contribution in [0.3, 0.4) is 0 Å². The summed E-state index contributed by atoms with van der Waals surface area (Å²) in [4.78, 5) is 66.0. The third kappa shape index (κ3) is 8.43. The zero-order chi connectivity index (χ0) is 31.6. The van der Waals surface area contributed by atoms with Crippen LogP contribution in [0, 0.1) is 17.8 Å². The molecule has 4 aromatic rings. The molecule has 0 bridgehead atoms. The van der Waals surface area contributed by atoms with E-state index in [0.717, 1.165) is 16.6 Å². The number of benzene rings is 3. The number of aryl methyl sites for hydroxylation is 1. The summed E-state index contributed by atoms with van der Waals surface area (Å²) in [5, 5.41) is 10.5. The van der Waals surface area contributed by atoms with Gasteiger partial charge in [0.2, 0.25) is 11.7 Å². The highest BCUT2D eigenvalue weighted by Crippen LogP contribution is 2.22. The fourth-order valence-corrected chi connectivity index (χ4v) is 5.32. The number of para-hydroxylation sites is 1. The highest BCUT2D eigenvalue weighted by Gasteiger charge is 2.32. The largest absolute Gasteiger partial charge is 0.346 e. The lowest BCUT2D eigenvalue weighted by Crippen LogP contribution is -2.44. The Morgan fingerprint density at radius 3 is 2.05 bits per heavy atom. The molecule has 3 aromatic carbocycles. The Hall–Kier alpha value is -4.72.